The maximum absolute atomic E-state index is 11.7. The first kappa shape index (κ1) is 14.3. The molecule has 2 aromatic rings. The number of benzene rings is 1. The van der Waals surface area contributed by atoms with Crippen LogP contribution in [0.3, 0.4) is 0 Å². The van der Waals surface area contributed by atoms with Crippen LogP contribution in [0.15, 0.2) is 42.6 Å². The van der Waals surface area contributed by atoms with E-state index in [1.165, 1.54) is 18.3 Å². The molecule has 1 aromatic heterocycles. The lowest BCUT2D eigenvalue weighted by Crippen LogP contribution is -2.29. The molecule has 0 saturated carbocycles. The summed E-state index contributed by atoms with van der Waals surface area (Å²) in [7, 11) is 0. The summed E-state index contributed by atoms with van der Waals surface area (Å²) < 4.78 is 0. The lowest BCUT2D eigenvalue weighted by atomic mass is 10.3. The number of rotatable bonds is 2. The van der Waals surface area contributed by atoms with Gasteiger partial charge in [-0.3, -0.25) is 9.59 Å². The van der Waals surface area contributed by atoms with Crippen LogP contribution < -0.4 is 10.6 Å². The van der Waals surface area contributed by atoms with Crippen LogP contribution >= 0.6 is 23.2 Å². The number of hydrogen-bond acceptors (Lipinski definition) is 3. The Hall–Kier alpha value is -2.11. The molecule has 5 nitrogen and oxygen atoms in total. The Balaban J connectivity index is 2.01. The van der Waals surface area contributed by atoms with Gasteiger partial charge in [0.25, 0.3) is 0 Å². The highest BCUT2D eigenvalue weighted by Gasteiger charge is 2.14. The number of anilines is 2. The van der Waals surface area contributed by atoms with Gasteiger partial charge >= 0.3 is 11.8 Å². The van der Waals surface area contributed by atoms with Crippen molar-refractivity contribution in [3.05, 3.63) is 52.6 Å². The molecule has 0 aliphatic rings. The standard InChI is InChI=1S/C13H9Cl2N3O2/c14-9-5-4-8(7-10(9)15)17-12(19)13(20)18-11-3-1-2-6-16-11/h1-7H,(H,17,19)(H,16,18,20). The van der Waals surface area contributed by atoms with Crippen molar-refractivity contribution in [3.8, 4) is 0 Å². The quantitative estimate of drug-likeness (QED) is 0.838. The van der Waals surface area contributed by atoms with E-state index in [0.29, 0.717) is 16.5 Å². The fourth-order valence-corrected chi connectivity index (χ4v) is 1.67. The van der Waals surface area contributed by atoms with Crippen molar-refractivity contribution < 1.29 is 9.59 Å². The number of pyridine rings is 1. The molecule has 0 radical (unpaired) electrons. The van der Waals surface area contributed by atoms with E-state index in [1.807, 2.05) is 0 Å². The third-order valence-corrected chi connectivity index (χ3v) is 3.03. The molecule has 2 amide bonds. The Labute approximate surface area is 124 Å². The van der Waals surface area contributed by atoms with Gasteiger partial charge in [0.15, 0.2) is 0 Å². The molecule has 0 aliphatic heterocycles. The van der Waals surface area contributed by atoms with E-state index in [-0.39, 0.29) is 5.02 Å². The molecular formula is C13H9Cl2N3O2. The van der Waals surface area contributed by atoms with Crippen molar-refractivity contribution in [1.82, 2.24) is 4.98 Å². The third-order valence-electron chi connectivity index (χ3n) is 2.29. The molecule has 2 rings (SSSR count). The van der Waals surface area contributed by atoms with Gasteiger partial charge in [-0.2, -0.15) is 0 Å². The van der Waals surface area contributed by atoms with Crippen molar-refractivity contribution in [1.29, 1.82) is 0 Å². The number of nitrogens with zero attached hydrogens (tertiary/aromatic N) is 1. The predicted molar refractivity (Wildman–Crippen MR) is 78.0 cm³/mol. The van der Waals surface area contributed by atoms with Crippen molar-refractivity contribution in [2.75, 3.05) is 10.6 Å². The Morgan fingerprint density at radius 1 is 0.950 bits per heavy atom. The number of nitrogens with one attached hydrogen (secondary N) is 2. The van der Waals surface area contributed by atoms with E-state index in [9.17, 15) is 9.59 Å². The average molecular weight is 310 g/mol. The number of halogens is 2. The van der Waals surface area contributed by atoms with Crippen LogP contribution in [0.2, 0.25) is 10.0 Å². The van der Waals surface area contributed by atoms with E-state index in [2.05, 4.69) is 15.6 Å². The minimum Gasteiger partial charge on any atom is -0.318 e. The van der Waals surface area contributed by atoms with Gasteiger partial charge in [0, 0.05) is 11.9 Å². The molecule has 1 heterocycles. The van der Waals surface area contributed by atoms with E-state index < -0.39 is 11.8 Å². The fraction of sp³-hybridized carbons (Fsp3) is 0. The average Bonchev–Trinajstić information content (AvgIpc) is 2.44. The van der Waals surface area contributed by atoms with Gasteiger partial charge in [0.2, 0.25) is 0 Å². The Morgan fingerprint density at radius 3 is 2.35 bits per heavy atom. The molecule has 0 bridgehead atoms. The van der Waals surface area contributed by atoms with Crippen LogP contribution in [-0.4, -0.2) is 16.8 Å². The van der Waals surface area contributed by atoms with E-state index in [4.69, 9.17) is 23.2 Å². The zero-order chi connectivity index (χ0) is 14.5. The van der Waals surface area contributed by atoms with E-state index in [1.54, 1.807) is 24.3 Å². The molecule has 7 heteroatoms. The lowest BCUT2D eigenvalue weighted by molar-refractivity contribution is -0.133. The molecule has 102 valence electrons. The molecule has 0 aliphatic carbocycles. The van der Waals surface area contributed by atoms with Crippen LogP contribution in [0.25, 0.3) is 0 Å². The molecule has 0 fully saturated rings. The second-order valence-electron chi connectivity index (χ2n) is 3.75. The number of carbonyl (C=O) groups excluding carboxylic acids is 2. The number of hydrogen-bond donors (Lipinski definition) is 2. The SMILES string of the molecule is O=C(Nc1ccc(Cl)c(Cl)c1)C(=O)Nc1ccccn1. The minimum atomic E-state index is -0.825. The van der Waals surface area contributed by atoms with Crippen molar-refractivity contribution in [2.24, 2.45) is 0 Å². The highest BCUT2D eigenvalue weighted by atomic mass is 35.5. The van der Waals surface area contributed by atoms with E-state index >= 15 is 0 Å². The number of carbonyl (C=O) groups is 2. The largest absolute Gasteiger partial charge is 0.318 e. The highest BCUT2D eigenvalue weighted by Crippen LogP contribution is 2.24. The third kappa shape index (κ3) is 3.69. The topological polar surface area (TPSA) is 71.1 Å². The monoisotopic (exact) mass is 309 g/mol. The van der Waals surface area contributed by atoms with Gasteiger partial charge in [0.1, 0.15) is 5.82 Å². The maximum Gasteiger partial charge on any atom is 0.315 e. The lowest BCUT2D eigenvalue weighted by Gasteiger charge is -2.06. The summed E-state index contributed by atoms with van der Waals surface area (Å²) in [5.41, 5.74) is 0.376. The van der Waals surface area contributed by atoms with Crippen molar-refractivity contribution in [3.63, 3.8) is 0 Å². The summed E-state index contributed by atoms with van der Waals surface area (Å²) in [6.07, 6.45) is 1.51. The second kappa shape index (κ2) is 6.36. The van der Waals surface area contributed by atoms with Crippen molar-refractivity contribution in [2.45, 2.75) is 0 Å². The summed E-state index contributed by atoms with van der Waals surface area (Å²) >= 11 is 11.6. The van der Waals surface area contributed by atoms with Gasteiger partial charge in [0.05, 0.1) is 10.0 Å². The van der Waals surface area contributed by atoms with Crippen LogP contribution in [0.1, 0.15) is 0 Å². The summed E-state index contributed by atoms with van der Waals surface area (Å²) in [4.78, 5) is 27.2. The second-order valence-corrected chi connectivity index (χ2v) is 4.57. The Kier molecular flexibility index (Phi) is 4.55. The minimum absolute atomic E-state index is 0.287. The summed E-state index contributed by atoms with van der Waals surface area (Å²) in [5.74, 6) is -1.36. The first-order chi connectivity index (χ1) is 9.56. The molecule has 0 spiro atoms. The Morgan fingerprint density at radius 2 is 1.70 bits per heavy atom. The van der Waals surface area contributed by atoms with Crippen LogP contribution in [-0.2, 0) is 9.59 Å². The first-order valence-corrected chi connectivity index (χ1v) is 6.30. The van der Waals surface area contributed by atoms with Gasteiger partial charge in [-0.1, -0.05) is 29.3 Å². The van der Waals surface area contributed by atoms with E-state index in [0.717, 1.165) is 0 Å². The summed E-state index contributed by atoms with van der Waals surface area (Å²) in [6.45, 7) is 0. The molecule has 0 unspecified atom stereocenters. The molecule has 0 saturated heterocycles. The normalized spacial score (nSPS) is 9.90. The predicted octanol–water partition coefficient (Wildman–Crippen LogP) is 2.97. The summed E-state index contributed by atoms with van der Waals surface area (Å²) in [6, 6.07) is 9.49. The molecule has 0 atom stereocenters. The molecule has 1 aromatic carbocycles. The zero-order valence-corrected chi connectivity index (χ0v) is 11.6. The maximum atomic E-state index is 11.7. The Bertz CT molecular complexity index is 647. The molecule has 20 heavy (non-hydrogen) atoms. The van der Waals surface area contributed by atoms with Gasteiger partial charge in [-0.05, 0) is 30.3 Å². The van der Waals surface area contributed by atoms with Crippen LogP contribution in [0, 0.1) is 0 Å². The highest BCUT2D eigenvalue weighted by molar-refractivity contribution is 6.44. The number of amides is 2. The fourth-order valence-electron chi connectivity index (χ4n) is 1.37. The molecular weight excluding hydrogens is 301 g/mol. The van der Waals surface area contributed by atoms with Gasteiger partial charge < -0.3 is 10.6 Å². The smallest absolute Gasteiger partial charge is 0.315 e. The zero-order valence-electron chi connectivity index (χ0n) is 10.1. The first-order valence-electron chi connectivity index (χ1n) is 5.54. The van der Waals surface area contributed by atoms with Crippen molar-refractivity contribution >= 4 is 46.5 Å². The molecule has 2 N–H and O–H groups in total. The number of aromatic nitrogens is 1. The van der Waals surface area contributed by atoms with Gasteiger partial charge in [-0.25, -0.2) is 4.98 Å². The van der Waals surface area contributed by atoms with Gasteiger partial charge in [-0.15, -0.1) is 0 Å². The van der Waals surface area contributed by atoms with Crippen LogP contribution in [0.5, 0.6) is 0 Å². The summed E-state index contributed by atoms with van der Waals surface area (Å²) in [5, 5.41) is 5.43. The van der Waals surface area contributed by atoms with Crippen LogP contribution in [0.4, 0.5) is 11.5 Å².